The Morgan fingerprint density at radius 1 is 1.27 bits per heavy atom. The van der Waals surface area contributed by atoms with Gasteiger partial charge in [0.1, 0.15) is 0 Å². The van der Waals surface area contributed by atoms with Crippen molar-refractivity contribution in [1.82, 2.24) is 5.32 Å². The van der Waals surface area contributed by atoms with Crippen molar-refractivity contribution in [2.75, 3.05) is 6.61 Å². The van der Waals surface area contributed by atoms with Gasteiger partial charge in [0.25, 0.3) is 0 Å². The average Bonchev–Trinajstić information content (AvgIpc) is 2.51. The van der Waals surface area contributed by atoms with Gasteiger partial charge in [0.05, 0.1) is 12.7 Å². The van der Waals surface area contributed by atoms with E-state index in [1.165, 1.54) is 0 Å². The number of rotatable bonds is 9. The number of aliphatic hydroxyl groups excluding tert-OH is 1. The minimum absolute atomic E-state index is 0.231. The molecule has 1 aromatic carbocycles. The number of unbranched alkanes of at least 4 members (excludes halogenated alkanes) is 1. The molecule has 1 amide bonds. The summed E-state index contributed by atoms with van der Waals surface area (Å²) in [4.78, 5) is 22.7. The van der Waals surface area contributed by atoms with E-state index < -0.39 is 24.2 Å². The zero-order valence-electron chi connectivity index (χ0n) is 12.7. The molecule has 0 aliphatic rings. The molecule has 0 spiro atoms. The number of aliphatic carboxylic acids is 1. The Kier molecular flexibility index (Phi) is 7.99. The van der Waals surface area contributed by atoms with Crippen LogP contribution in [0.25, 0.3) is 0 Å². The summed E-state index contributed by atoms with van der Waals surface area (Å²) in [7, 11) is 0. The molecule has 0 saturated heterocycles. The lowest BCUT2D eigenvalue weighted by atomic mass is 10.0. The van der Waals surface area contributed by atoms with Crippen LogP contribution in [0.15, 0.2) is 30.3 Å². The Hall–Kier alpha value is -2.08. The van der Waals surface area contributed by atoms with Crippen molar-refractivity contribution >= 4 is 12.1 Å². The van der Waals surface area contributed by atoms with Gasteiger partial charge < -0.3 is 20.3 Å². The molecular formula is C16H23NO5. The van der Waals surface area contributed by atoms with Gasteiger partial charge in [-0.3, -0.25) is 0 Å². The molecule has 2 atom stereocenters. The predicted octanol–water partition coefficient (Wildman–Crippen LogP) is 1.96. The van der Waals surface area contributed by atoms with E-state index in [2.05, 4.69) is 5.32 Å². The largest absolute Gasteiger partial charge is 0.480 e. The van der Waals surface area contributed by atoms with Gasteiger partial charge in [-0.05, 0) is 24.8 Å². The van der Waals surface area contributed by atoms with Crippen LogP contribution in [0.4, 0.5) is 4.79 Å². The van der Waals surface area contributed by atoms with Crippen molar-refractivity contribution < 1.29 is 24.5 Å². The fourth-order valence-electron chi connectivity index (χ4n) is 1.93. The summed E-state index contributed by atoms with van der Waals surface area (Å²) in [5.74, 6) is -1.28. The Morgan fingerprint density at radius 3 is 2.55 bits per heavy atom. The number of carboxylic acid groups (broad SMARTS) is 1. The van der Waals surface area contributed by atoms with Crippen molar-refractivity contribution in [1.29, 1.82) is 0 Å². The van der Waals surface area contributed by atoms with Gasteiger partial charge in [-0.25, -0.2) is 9.59 Å². The number of alkyl carbamates (subject to hydrolysis) is 1. The monoisotopic (exact) mass is 309 g/mol. The standard InChI is InChI=1S/C16H23NO5/c1-2-3-11-22-16(21)17-14(15(19)20)13(18)10-9-12-7-5-4-6-8-12/h4-8,13-14,18H,2-3,9-11H2,1H3,(H,17,21)(H,19,20). The SMILES string of the molecule is CCCCOC(=O)NC(C(=O)O)C(O)CCc1ccccc1. The number of nitrogens with one attached hydrogen (secondary N) is 1. The maximum atomic E-state index is 11.5. The lowest BCUT2D eigenvalue weighted by Crippen LogP contribution is -2.49. The summed E-state index contributed by atoms with van der Waals surface area (Å²) >= 11 is 0. The molecule has 6 heteroatoms. The Morgan fingerprint density at radius 2 is 1.95 bits per heavy atom. The highest BCUT2D eigenvalue weighted by Gasteiger charge is 2.28. The minimum atomic E-state index is -1.38. The number of ether oxygens (including phenoxy) is 1. The average molecular weight is 309 g/mol. The van der Waals surface area contributed by atoms with Crippen LogP contribution in [0.2, 0.25) is 0 Å². The van der Waals surface area contributed by atoms with E-state index >= 15 is 0 Å². The van der Waals surface area contributed by atoms with E-state index in [1.54, 1.807) is 0 Å². The number of benzene rings is 1. The molecule has 1 rings (SSSR count). The van der Waals surface area contributed by atoms with E-state index in [9.17, 15) is 14.7 Å². The normalized spacial score (nSPS) is 13.2. The zero-order valence-corrected chi connectivity index (χ0v) is 12.7. The quantitative estimate of drug-likeness (QED) is 0.606. The molecule has 0 saturated carbocycles. The Bertz CT molecular complexity index is 463. The smallest absolute Gasteiger partial charge is 0.407 e. The summed E-state index contributed by atoms with van der Waals surface area (Å²) in [6.45, 7) is 2.18. The van der Waals surface area contributed by atoms with Crippen LogP contribution in [0.3, 0.4) is 0 Å². The Balaban J connectivity index is 2.47. The van der Waals surface area contributed by atoms with Crippen LogP contribution in [-0.4, -0.2) is 41.0 Å². The van der Waals surface area contributed by atoms with Crippen molar-refractivity contribution in [3.05, 3.63) is 35.9 Å². The lowest BCUT2D eigenvalue weighted by molar-refractivity contribution is -0.142. The number of aryl methyl sites for hydroxylation is 1. The fourth-order valence-corrected chi connectivity index (χ4v) is 1.93. The number of aliphatic hydroxyl groups is 1. The van der Waals surface area contributed by atoms with Crippen LogP contribution in [0.5, 0.6) is 0 Å². The van der Waals surface area contributed by atoms with E-state index in [0.717, 1.165) is 12.0 Å². The highest BCUT2D eigenvalue weighted by Crippen LogP contribution is 2.08. The summed E-state index contributed by atoms with van der Waals surface area (Å²) in [6.07, 6.45) is 0.335. The molecule has 0 bridgehead atoms. The summed E-state index contributed by atoms with van der Waals surface area (Å²) in [5.41, 5.74) is 0.996. The van der Waals surface area contributed by atoms with Crippen LogP contribution in [0.1, 0.15) is 31.7 Å². The first-order chi connectivity index (χ1) is 10.5. The van der Waals surface area contributed by atoms with Gasteiger partial charge in [0.15, 0.2) is 6.04 Å². The molecule has 0 radical (unpaired) electrons. The second kappa shape index (κ2) is 9.78. The molecular weight excluding hydrogens is 286 g/mol. The van der Waals surface area contributed by atoms with Crippen LogP contribution in [0, 0.1) is 0 Å². The van der Waals surface area contributed by atoms with Crippen molar-refractivity contribution in [3.8, 4) is 0 Å². The first kappa shape index (κ1) is 18.0. The highest BCUT2D eigenvalue weighted by atomic mass is 16.5. The fraction of sp³-hybridized carbons (Fsp3) is 0.500. The second-order valence-electron chi connectivity index (χ2n) is 5.04. The highest BCUT2D eigenvalue weighted by molar-refractivity contribution is 5.80. The van der Waals surface area contributed by atoms with E-state index in [1.807, 2.05) is 37.3 Å². The number of amides is 1. The summed E-state index contributed by atoms with van der Waals surface area (Å²) in [6, 6.07) is 8.05. The molecule has 0 aromatic heterocycles. The molecule has 1 aromatic rings. The molecule has 0 aliphatic carbocycles. The summed E-state index contributed by atoms with van der Waals surface area (Å²) in [5, 5.41) is 21.3. The van der Waals surface area contributed by atoms with Gasteiger partial charge in [-0.15, -0.1) is 0 Å². The lowest BCUT2D eigenvalue weighted by Gasteiger charge is -2.20. The van der Waals surface area contributed by atoms with Crippen LogP contribution < -0.4 is 5.32 Å². The molecule has 0 aliphatic heterocycles. The third-order valence-electron chi connectivity index (χ3n) is 3.23. The van der Waals surface area contributed by atoms with Crippen molar-refractivity contribution in [2.45, 2.75) is 44.8 Å². The van der Waals surface area contributed by atoms with E-state index in [4.69, 9.17) is 9.84 Å². The van der Waals surface area contributed by atoms with E-state index in [-0.39, 0.29) is 13.0 Å². The van der Waals surface area contributed by atoms with Gasteiger partial charge in [0.2, 0.25) is 0 Å². The molecule has 0 fully saturated rings. The zero-order chi connectivity index (χ0) is 16.4. The van der Waals surface area contributed by atoms with Gasteiger partial charge in [-0.2, -0.15) is 0 Å². The number of hydrogen-bond donors (Lipinski definition) is 3. The van der Waals surface area contributed by atoms with Crippen LogP contribution >= 0.6 is 0 Å². The summed E-state index contributed by atoms with van der Waals surface area (Å²) < 4.78 is 4.85. The molecule has 0 heterocycles. The number of carbonyl (C=O) groups excluding carboxylic acids is 1. The van der Waals surface area contributed by atoms with Gasteiger partial charge in [-0.1, -0.05) is 43.7 Å². The molecule has 122 valence electrons. The number of hydrogen-bond acceptors (Lipinski definition) is 4. The first-order valence-electron chi connectivity index (χ1n) is 7.42. The third-order valence-corrected chi connectivity index (χ3v) is 3.23. The maximum Gasteiger partial charge on any atom is 0.407 e. The molecule has 6 nitrogen and oxygen atoms in total. The molecule has 2 unspecified atom stereocenters. The van der Waals surface area contributed by atoms with Crippen molar-refractivity contribution in [2.24, 2.45) is 0 Å². The number of carbonyl (C=O) groups is 2. The van der Waals surface area contributed by atoms with Crippen molar-refractivity contribution in [3.63, 3.8) is 0 Å². The second-order valence-corrected chi connectivity index (χ2v) is 5.04. The first-order valence-corrected chi connectivity index (χ1v) is 7.42. The maximum absolute atomic E-state index is 11.5. The van der Waals surface area contributed by atoms with Gasteiger partial charge >= 0.3 is 12.1 Å². The topological polar surface area (TPSA) is 95.9 Å². The molecule has 3 N–H and O–H groups in total. The Labute approximate surface area is 130 Å². The predicted molar refractivity (Wildman–Crippen MR) is 81.6 cm³/mol. The minimum Gasteiger partial charge on any atom is -0.480 e. The molecule has 22 heavy (non-hydrogen) atoms. The number of carboxylic acids is 1. The third kappa shape index (κ3) is 6.58. The van der Waals surface area contributed by atoms with E-state index in [0.29, 0.717) is 12.8 Å². The van der Waals surface area contributed by atoms with Gasteiger partial charge in [0, 0.05) is 0 Å². The van der Waals surface area contributed by atoms with Crippen LogP contribution in [-0.2, 0) is 16.0 Å².